The van der Waals surface area contributed by atoms with Crippen molar-refractivity contribution in [3.8, 4) is 0 Å². The topological polar surface area (TPSA) is 68.2 Å². The zero-order chi connectivity index (χ0) is 15.7. The number of hydrogen-bond acceptors (Lipinski definition) is 6. The number of piperidine rings is 1. The van der Waals surface area contributed by atoms with Gasteiger partial charge in [-0.15, -0.1) is 0 Å². The molecule has 22 heavy (non-hydrogen) atoms. The van der Waals surface area contributed by atoms with Crippen molar-refractivity contribution in [2.24, 2.45) is 0 Å². The first-order chi connectivity index (χ1) is 10.4. The minimum Gasteiger partial charge on any atom is -0.447 e. The minimum atomic E-state index is 0.00777. The van der Waals surface area contributed by atoms with Crippen molar-refractivity contribution < 1.29 is 8.94 Å². The molecule has 120 valence electrons. The van der Waals surface area contributed by atoms with Crippen molar-refractivity contribution in [2.75, 3.05) is 6.54 Å². The highest BCUT2D eigenvalue weighted by Crippen LogP contribution is 2.31. The maximum absolute atomic E-state index is 5.67. The molecular weight excluding hydrogens is 280 g/mol. The molecule has 1 unspecified atom stereocenters. The highest BCUT2D eigenvalue weighted by Gasteiger charge is 2.29. The van der Waals surface area contributed by atoms with E-state index in [4.69, 9.17) is 8.94 Å². The average Bonchev–Trinajstić information content (AvgIpc) is 3.08. The lowest BCUT2D eigenvalue weighted by Gasteiger charge is -2.32. The number of oxazole rings is 1. The lowest BCUT2D eigenvalue weighted by Crippen LogP contribution is -2.33. The number of aryl methyl sites for hydroxylation is 1. The van der Waals surface area contributed by atoms with Crippen LogP contribution in [0, 0.1) is 6.92 Å². The van der Waals surface area contributed by atoms with Crippen LogP contribution in [0.3, 0.4) is 0 Å². The van der Waals surface area contributed by atoms with Crippen LogP contribution < -0.4 is 0 Å². The predicted octanol–water partition coefficient (Wildman–Crippen LogP) is 3.39. The van der Waals surface area contributed by atoms with Gasteiger partial charge in [0, 0.05) is 12.3 Å². The fourth-order valence-electron chi connectivity index (χ4n) is 2.82. The maximum atomic E-state index is 5.67. The van der Waals surface area contributed by atoms with Crippen LogP contribution in [0.15, 0.2) is 15.2 Å². The normalized spacial score (nSPS) is 20.5. The summed E-state index contributed by atoms with van der Waals surface area (Å²) in [4.78, 5) is 11.4. The summed E-state index contributed by atoms with van der Waals surface area (Å²) in [5.41, 5.74) is 1.000. The molecule has 3 heterocycles. The zero-order valence-corrected chi connectivity index (χ0v) is 13.8. The summed E-state index contributed by atoms with van der Waals surface area (Å²) < 4.78 is 10.8. The Balaban J connectivity index is 1.75. The molecule has 0 radical (unpaired) electrons. The molecule has 6 nitrogen and oxygen atoms in total. The smallest absolute Gasteiger partial charge is 0.223 e. The quantitative estimate of drug-likeness (QED) is 0.865. The fourth-order valence-corrected chi connectivity index (χ4v) is 2.82. The van der Waals surface area contributed by atoms with Gasteiger partial charge in [0.25, 0.3) is 0 Å². The van der Waals surface area contributed by atoms with E-state index in [-0.39, 0.29) is 11.5 Å². The number of hydrogen-bond donors (Lipinski definition) is 0. The van der Waals surface area contributed by atoms with E-state index in [1.54, 1.807) is 6.26 Å². The largest absolute Gasteiger partial charge is 0.447 e. The summed E-state index contributed by atoms with van der Waals surface area (Å²) >= 11 is 0. The van der Waals surface area contributed by atoms with Gasteiger partial charge in [0.2, 0.25) is 11.8 Å². The lowest BCUT2D eigenvalue weighted by molar-refractivity contribution is 0.119. The van der Waals surface area contributed by atoms with Gasteiger partial charge in [0.05, 0.1) is 18.3 Å². The van der Waals surface area contributed by atoms with Gasteiger partial charge in [0.15, 0.2) is 5.82 Å². The van der Waals surface area contributed by atoms with Gasteiger partial charge in [-0.3, -0.25) is 4.90 Å². The van der Waals surface area contributed by atoms with Crippen molar-refractivity contribution in [2.45, 2.75) is 65.0 Å². The molecule has 0 aliphatic carbocycles. The predicted molar refractivity (Wildman–Crippen MR) is 81.2 cm³/mol. The van der Waals surface area contributed by atoms with Gasteiger partial charge < -0.3 is 8.94 Å². The van der Waals surface area contributed by atoms with Crippen molar-refractivity contribution in [3.05, 3.63) is 29.6 Å². The Kier molecular flexibility index (Phi) is 4.04. The van der Waals surface area contributed by atoms with Crippen molar-refractivity contribution in [3.63, 3.8) is 0 Å². The third kappa shape index (κ3) is 3.21. The third-order valence-electron chi connectivity index (χ3n) is 4.11. The van der Waals surface area contributed by atoms with Crippen molar-refractivity contribution in [1.29, 1.82) is 0 Å². The van der Waals surface area contributed by atoms with Crippen molar-refractivity contribution >= 4 is 0 Å². The van der Waals surface area contributed by atoms with Crippen LogP contribution in [0.2, 0.25) is 0 Å². The summed E-state index contributed by atoms with van der Waals surface area (Å²) in [7, 11) is 0. The van der Waals surface area contributed by atoms with Crippen LogP contribution in [-0.2, 0) is 12.0 Å². The molecule has 0 saturated carbocycles. The Labute approximate surface area is 130 Å². The van der Waals surface area contributed by atoms with E-state index in [0.29, 0.717) is 12.4 Å². The molecule has 1 aliphatic rings. The molecule has 6 heteroatoms. The summed E-state index contributed by atoms with van der Waals surface area (Å²) in [5, 5.41) is 4.10. The molecule has 0 aromatic carbocycles. The molecule has 1 atom stereocenters. The fraction of sp³-hybridized carbons (Fsp3) is 0.688. The molecular formula is C16H24N4O2. The van der Waals surface area contributed by atoms with E-state index in [1.807, 2.05) is 6.92 Å². The van der Waals surface area contributed by atoms with E-state index in [0.717, 1.165) is 30.4 Å². The molecule has 2 aromatic heterocycles. The molecule has 0 N–H and O–H groups in total. The molecule has 0 amide bonds. The molecule has 2 aromatic rings. The van der Waals surface area contributed by atoms with E-state index in [2.05, 4.69) is 40.8 Å². The highest BCUT2D eigenvalue weighted by molar-refractivity contribution is 5.08. The average molecular weight is 304 g/mol. The summed E-state index contributed by atoms with van der Waals surface area (Å²) in [6.07, 6.45) is 5.19. The number of aromatic nitrogens is 3. The molecule has 0 bridgehead atoms. The molecule has 1 saturated heterocycles. The van der Waals surface area contributed by atoms with Gasteiger partial charge in [0.1, 0.15) is 6.26 Å². The zero-order valence-electron chi connectivity index (χ0n) is 13.8. The van der Waals surface area contributed by atoms with Crippen LogP contribution in [0.4, 0.5) is 0 Å². The minimum absolute atomic E-state index is 0.00777. The van der Waals surface area contributed by atoms with Gasteiger partial charge in [-0.05, 0) is 19.4 Å². The van der Waals surface area contributed by atoms with Crippen LogP contribution in [0.1, 0.15) is 69.4 Å². The molecule has 1 fully saturated rings. The highest BCUT2D eigenvalue weighted by atomic mass is 16.5. The van der Waals surface area contributed by atoms with Crippen molar-refractivity contribution in [1.82, 2.24) is 20.0 Å². The Hall–Kier alpha value is -1.69. The molecule has 1 aliphatic heterocycles. The van der Waals surface area contributed by atoms with E-state index in [1.165, 1.54) is 12.8 Å². The second kappa shape index (κ2) is 5.83. The lowest BCUT2D eigenvalue weighted by atomic mass is 9.93. The monoisotopic (exact) mass is 304 g/mol. The Bertz CT molecular complexity index is 626. The van der Waals surface area contributed by atoms with Crippen LogP contribution in [-0.4, -0.2) is 26.6 Å². The van der Waals surface area contributed by atoms with Crippen LogP contribution >= 0.6 is 0 Å². The first kappa shape index (κ1) is 15.2. The number of rotatable bonds is 3. The summed E-state index contributed by atoms with van der Waals surface area (Å²) in [5.74, 6) is 2.16. The number of nitrogens with zero attached hydrogens (tertiary/aromatic N) is 4. The maximum Gasteiger partial charge on any atom is 0.223 e. The van der Waals surface area contributed by atoms with Crippen LogP contribution in [0.25, 0.3) is 0 Å². The first-order valence-corrected chi connectivity index (χ1v) is 7.92. The van der Waals surface area contributed by atoms with E-state index in [9.17, 15) is 0 Å². The SMILES string of the molecule is Cc1nc(C2CCCCN2Cc2nc(C(C)(C)C)co2)no1. The van der Waals surface area contributed by atoms with E-state index >= 15 is 0 Å². The molecule has 3 rings (SSSR count). The first-order valence-electron chi connectivity index (χ1n) is 7.92. The Morgan fingerprint density at radius 2 is 2.09 bits per heavy atom. The van der Waals surface area contributed by atoms with Gasteiger partial charge in [-0.25, -0.2) is 4.98 Å². The Morgan fingerprint density at radius 1 is 1.27 bits per heavy atom. The van der Waals surface area contributed by atoms with Gasteiger partial charge in [-0.2, -0.15) is 4.98 Å². The third-order valence-corrected chi connectivity index (χ3v) is 4.11. The Morgan fingerprint density at radius 3 is 2.73 bits per heavy atom. The summed E-state index contributed by atoms with van der Waals surface area (Å²) in [6.45, 7) is 9.94. The summed E-state index contributed by atoms with van der Waals surface area (Å²) in [6, 6.07) is 0.191. The second-order valence-corrected chi connectivity index (χ2v) is 7.03. The second-order valence-electron chi connectivity index (χ2n) is 7.03. The van der Waals surface area contributed by atoms with Gasteiger partial charge >= 0.3 is 0 Å². The van der Waals surface area contributed by atoms with Gasteiger partial charge in [-0.1, -0.05) is 32.3 Å². The van der Waals surface area contributed by atoms with E-state index < -0.39 is 0 Å². The standard InChI is InChI=1S/C16H24N4O2/c1-11-17-15(19-22-11)12-7-5-6-8-20(12)9-14-18-13(10-21-14)16(2,3)4/h10,12H,5-9H2,1-4H3. The van der Waals surface area contributed by atoms with Crippen LogP contribution in [0.5, 0.6) is 0 Å². The molecule has 0 spiro atoms. The number of likely N-dealkylation sites (tertiary alicyclic amines) is 1.